The zero-order valence-electron chi connectivity index (χ0n) is 9.96. The van der Waals surface area contributed by atoms with E-state index in [9.17, 15) is 4.79 Å². The van der Waals surface area contributed by atoms with Crippen LogP contribution in [0.1, 0.15) is 12.8 Å². The third-order valence-corrected chi connectivity index (χ3v) is 4.00. The SMILES string of the molecule is NNC(=O)C1CCC(CSc2ccc(N)cc2)O1. The molecule has 0 aliphatic carbocycles. The predicted molar refractivity (Wildman–Crippen MR) is 71.8 cm³/mol. The Morgan fingerprint density at radius 3 is 2.78 bits per heavy atom. The highest BCUT2D eigenvalue weighted by molar-refractivity contribution is 7.99. The minimum atomic E-state index is -0.396. The van der Waals surface area contributed by atoms with E-state index in [0.717, 1.165) is 29.2 Å². The van der Waals surface area contributed by atoms with E-state index < -0.39 is 6.10 Å². The van der Waals surface area contributed by atoms with E-state index in [-0.39, 0.29) is 12.0 Å². The molecule has 0 aromatic heterocycles. The Labute approximate surface area is 110 Å². The molecule has 2 rings (SSSR count). The Balaban J connectivity index is 1.78. The fourth-order valence-corrected chi connectivity index (χ4v) is 2.82. The van der Waals surface area contributed by atoms with Crippen LogP contribution in [-0.4, -0.2) is 23.9 Å². The smallest absolute Gasteiger partial charge is 0.263 e. The molecule has 5 nitrogen and oxygen atoms in total. The van der Waals surface area contributed by atoms with Gasteiger partial charge in [-0.3, -0.25) is 10.2 Å². The van der Waals surface area contributed by atoms with Gasteiger partial charge >= 0.3 is 0 Å². The number of carbonyl (C=O) groups excluding carboxylic acids is 1. The maximum absolute atomic E-state index is 11.3. The lowest BCUT2D eigenvalue weighted by atomic mass is 10.2. The molecule has 1 fully saturated rings. The van der Waals surface area contributed by atoms with E-state index in [1.54, 1.807) is 11.8 Å². The highest BCUT2D eigenvalue weighted by atomic mass is 32.2. The number of nitrogens with one attached hydrogen (secondary N) is 1. The molecule has 1 aromatic rings. The average Bonchev–Trinajstić information content (AvgIpc) is 2.86. The molecule has 5 N–H and O–H groups in total. The summed E-state index contributed by atoms with van der Waals surface area (Å²) in [6, 6.07) is 7.73. The van der Waals surface area contributed by atoms with Crippen LogP contribution in [0.4, 0.5) is 5.69 Å². The molecule has 0 spiro atoms. The molecule has 1 aromatic carbocycles. The number of anilines is 1. The van der Waals surface area contributed by atoms with Crippen molar-refractivity contribution >= 4 is 23.4 Å². The van der Waals surface area contributed by atoms with E-state index in [1.165, 1.54) is 0 Å². The van der Waals surface area contributed by atoms with Gasteiger partial charge in [0, 0.05) is 16.3 Å². The number of benzene rings is 1. The molecule has 1 heterocycles. The van der Waals surface area contributed by atoms with Gasteiger partial charge in [-0.1, -0.05) is 0 Å². The molecular formula is C12H17N3O2S. The van der Waals surface area contributed by atoms with Crippen LogP contribution in [0.3, 0.4) is 0 Å². The number of carbonyl (C=O) groups is 1. The van der Waals surface area contributed by atoms with E-state index >= 15 is 0 Å². The molecule has 1 amide bonds. The van der Waals surface area contributed by atoms with Crippen molar-refractivity contribution < 1.29 is 9.53 Å². The number of thioether (sulfide) groups is 1. The van der Waals surface area contributed by atoms with Crippen molar-refractivity contribution in [2.75, 3.05) is 11.5 Å². The molecule has 2 unspecified atom stereocenters. The normalized spacial score (nSPS) is 22.9. The first-order valence-electron chi connectivity index (χ1n) is 5.83. The zero-order valence-corrected chi connectivity index (χ0v) is 10.8. The third kappa shape index (κ3) is 3.38. The van der Waals surface area contributed by atoms with Crippen molar-refractivity contribution in [3.63, 3.8) is 0 Å². The largest absolute Gasteiger partial charge is 0.399 e. The van der Waals surface area contributed by atoms with Crippen LogP contribution in [0.2, 0.25) is 0 Å². The second kappa shape index (κ2) is 6.08. The van der Waals surface area contributed by atoms with Gasteiger partial charge in [0.05, 0.1) is 6.10 Å². The molecule has 1 aliphatic heterocycles. The van der Waals surface area contributed by atoms with Gasteiger partial charge in [0.25, 0.3) is 5.91 Å². The number of rotatable bonds is 4. The predicted octanol–water partition coefficient (Wildman–Crippen LogP) is 0.898. The first-order chi connectivity index (χ1) is 8.69. The number of hydrogen-bond acceptors (Lipinski definition) is 5. The maximum atomic E-state index is 11.3. The summed E-state index contributed by atoms with van der Waals surface area (Å²) in [5.41, 5.74) is 8.50. The van der Waals surface area contributed by atoms with Crippen molar-refractivity contribution in [2.45, 2.75) is 29.9 Å². The van der Waals surface area contributed by atoms with Gasteiger partial charge < -0.3 is 10.5 Å². The van der Waals surface area contributed by atoms with Crippen LogP contribution >= 0.6 is 11.8 Å². The van der Waals surface area contributed by atoms with Crippen LogP contribution < -0.4 is 17.0 Å². The first-order valence-corrected chi connectivity index (χ1v) is 6.82. The quantitative estimate of drug-likeness (QED) is 0.248. The first kappa shape index (κ1) is 13.2. The molecule has 0 bridgehead atoms. The fraction of sp³-hybridized carbons (Fsp3) is 0.417. The second-order valence-corrected chi connectivity index (χ2v) is 5.31. The molecular weight excluding hydrogens is 250 g/mol. The number of hydrazine groups is 1. The summed E-state index contributed by atoms with van der Waals surface area (Å²) in [4.78, 5) is 12.4. The van der Waals surface area contributed by atoms with Crippen molar-refractivity contribution in [2.24, 2.45) is 5.84 Å². The Hall–Kier alpha value is -1.24. The number of amides is 1. The molecule has 1 saturated heterocycles. The standard InChI is InChI=1S/C12H17N3O2S/c13-8-1-4-10(5-2-8)18-7-9-3-6-11(17-9)12(16)15-14/h1-2,4-5,9,11H,3,6-7,13-14H2,(H,15,16). The molecule has 0 radical (unpaired) electrons. The number of hydrogen-bond donors (Lipinski definition) is 3. The van der Waals surface area contributed by atoms with Crippen molar-refractivity contribution in [1.29, 1.82) is 0 Å². The summed E-state index contributed by atoms with van der Waals surface area (Å²) < 4.78 is 5.62. The molecule has 0 saturated carbocycles. The second-order valence-electron chi connectivity index (χ2n) is 4.21. The lowest BCUT2D eigenvalue weighted by Crippen LogP contribution is -2.39. The Kier molecular flexibility index (Phi) is 4.46. The molecule has 18 heavy (non-hydrogen) atoms. The van der Waals surface area contributed by atoms with E-state index in [4.69, 9.17) is 16.3 Å². The zero-order chi connectivity index (χ0) is 13.0. The minimum absolute atomic E-state index is 0.106. The molecule has 2 atom stereocenters. The van der Waals surface area contributed by atoms with Crippen LogP contribution in [0.5, 0.6) is 0 Å². The van der Waals surface area contributed by atoms with Crippen LogP contribution in [0, 0.1) is 0 Å². The van der Waals surface area contributed by atoms with Crippen LogP contribution in [0.25, 0.3) is 0 Å². The number of ether oxygens (including phenoxy) is 1. The summed E-state index contributed by atoms with van der Waals surface area (Å²) in [6.07, 6.45) is 1.33. The van der Waals surface area contributed by atoms with Crippen molar-refractivity contribution in [3.05, 3.63) is 24.3 Å². The monoisotopic (exact) mass is 267 g/mol. The molecule has 98 valence electrons. The van der Waals surface area contributed by atoms with Gasteiger partial charge in [-0.05, 0) is 37.1 Å². The van der Waals surface area contributed by atoms with Crippen LogP contribution in [-0.2, 0) is 9.53 Å². The highest BCUT2D eigenvalue weighted by Gasteiger charge is 2.30. The number of nitrogen functional groups attached to an aromatic ring is 1. The molecule has 6 heteroatoms. The van der Waals surface area contributed by atoms with Gasteiger partial charge in [-0.25, -0.2) is 5.84 Å². The fourth-order valence-electron chi connectivity index (χ4n) is 1.87. The van der Waals surface area contributed by atoms with Crippen molar-refractivity contribution in [1.82, 2.24) is 5.43 Å². The summed E-state index contributed by atoms with van der Waals surface area (Å²) in [5, 5.41) is 0. The lowest BCUT2D eigenvalue weighted by molar-refractivity contribution is -0.131. The van der Waals surface area contributed by atoms with Gasteiger partial charge in [0.1, 0.15) is 6.10 Å². The maximum Gasteiger partial charge on any atom is 0.263 e. The Bertz CT molecular complexity index is 410. The Morgan fingerprint density at radius 1 is 1.39 bits per heavy atom. The third-order valence-electron chi connectivity index (χ3n) is 2.86. The van der Waals surface area contributed by atoms with Gasteiger partial charge in [0.15, 0.2) is 0 Å². The molecule has 1 aliphatic rings. The minimum Gasteiger partial charge on any atom is -0.399 e. The van der Waals surface area contributed by atoms with Gasteiger partial charge in [-0.2, -0.15) is 0 Å². The average molecular weight is 267 g/mol. The van der Waals surface area contributed by atoms with E-state index in [1.807, 2.05) is 24.3 Å². The summed E-state index contributed by atoms with van der Waals surface area (Å²) in [6.45, 7) is 0. The van der Waals surface area contributed by atoms with Crippen molar-refractivity contribution in [3.8, 4) is 0 Å². The summed E-state index contributed by atoms with van der Waals surface area (Å²) in [5.74, 6) is 5.67. The topological polar surface area (TPSA) is 90.4 Å². The lowest BCUT2D eigenvalue weighted by Gasteiger charge is -2.12. The Morgan fingerprint density at radius 2 is 2.11 bits per heavy atom. The van der Waals surface area contributed by atoms with Gasteiger partial charge in [0.2, 0.25) is 0 Å². The summed E-state index contributed by atoms with van der Waals surface area (Å²) >= 11 is 1.70. The highest BCUT2D eigenvalue weighted by Crippen LogP contribution is 2.27. The van der Waals surface area contributed by atoms with E-state index in [2.05, 4.69) is 5.43 Å². The van der Waals surface area contributed by atoms with E-state index in [0.29, 0.717) is 0 Å². The number of nitrogens with two attached hydrogens (primary N) is 2. The van der Waals surface area contributed by atoms with Crippen LogP contribution in [0.15, 0.2) is 29.2 Å². The summed E-state index contributed by atoms with van der Waals surface area (Å²) in [7, 11) is 0. The van der Waals surface area contributed by atoms with Gasteiger partial charge in [-0.15, -0.1) is 11.8 Å².